The van der Waals surface area contributed by atoms with Gasteiger partial charge in [0.1, 0.15) is 0 Å². The van der Waals surface area contributed by atoms with Crippen LogP contribution in [0.1, 0.15) is 18.3 Å². The third kappa shape index (κ3) is 3.28. The maximum Gasteiger partial charge on any atom is 0.0950 e. The normalized spacial score (nSPS) is 19.4. The summed E-state index contributed by atoms with van der Waals surface area (Å²) < 4.78 is 0. The van der Waals surface area contributed by atoms with Crippen molar-refractivity contribution in [3.63, 3.8) is 0 Å². The molecule has 0 aromatic carbocycles. The Morgan fingerprint density at radius 2 is 2.06 bits per heavy atom. The lowest BCUT2D eigenvalue weighted by Gasteiger charge is -2.35. The van der Waals surface area contributed by atoms with Gasteiger partial charge in [0.25, 0.3) is 0 Å². The summed E-state index contributed by atoms with van der Waals surface area (Å²) >= 11 is 0. The molecular weight excluding hydrogens is 224 g/mol. The summed E-state index contributed by atoms with van der Waals surface area (Å²) in [7, 11) is 0. The van der Waals surface area contributed by atoms with Crippen molar-refractivity contribution in [2.24, 2.45) is 0 Å². The molecule has 1 aliphatic rings. The largest absolute Gasteiger partial charge is 0.295 e. The molecule has 18 heavy (non-hydrogen) atoms. The molecule has 96 valence electrons. The zero-order valence-electron chi connectivity index (χ0n) is 11.1. The molecule has 0 saturated carbocycles. The second-order valence-corrected chi connectivity index (χ2v) is 4.89. The van der Waals surface area contributed by atoms with Crippen molar-refractivity contribution < 1.29 is 0 Å². The highest BCUT2D eigenvalue weighted by atomic mass is 15.3. The molecule has 0 aliphatic carbocycles. The van der Waals surface area contributed by atoms with Crippen molar-refractivity contribution in [1.29, 1.82) is 5.26 Å². The van der Waals surface area contributed by atoms with Crippen molar-refractivity contribution in [3.05, 3.63) is 29.6 Å². The lowest BCUT2D eigenvalue weighted by atomic mass is 10.2. The number of pyridine rings is 1. The van der Waals surface area contributed by atoms with Crippen molar-refractivity contribution >= 4 is 0 Å². The van der Waals surface area contributed by atoms with E-state index in [-0.39, 0.29) is 6.04 Å². The molecule has 2 rings (SSSR count). The van der Waals surface area contributed by atoms with Gasteiger partial charge in [-0.25, -0.2) is 0 Å². The minimum atomic E-state index is 0.0317. The minimum Gasteiger partial charge on any atom is -0.295 e. The van der Waals surface area contributed by atoms with Gasteiger partial charge in [0.15, 0.2) is 0 Å². The number of hydrogen-bond donors (Lipinski definition) is 0. The molecule has 2 heterocycles. The van der Waals surface area contributed by atoms with Gasteiger partial charge in [-0.05, 0) is 26.0 Å². The van der Waals surface area contributed by atoms with E-state index >= 15 is 0 Å². The molecule has 1 fully saturated rings. The Morgan fingerprint density at radius 3 is 2.67 bits per heavy atom. The van der Waals surface area contributed by atoms with Gasteiger partial charge in [0, 0.05) is 38.4 Å². The topological polar surface area (TPSA) is 43.2 Å². The molecule has 1 unspecified atom stereocenters. The first-order chi connectivity index (χ1) is 8.69. The summed E-state index contributed by atoms with van der Waals surface area (Å²) in [5.41, 5.74) is 2.21. The Kier molecular flexibility index (Phi) is 4.29. The lowest BCUT2D eigenvalue weighted by Crippen LogP contribution is -2.48. The Balaban J connectivity index is 1.86. The minimum absolute atomic E-state index is 0.0317. The third-order valence-electron chi connectivity index (χ3n) is 3.47. The van der Waals surface area contributed by atoms with Gasteiger partial charge in [-0.3, -0.25) is 14.8 Å². The Hall–Kier alpha value is -1.44. The Labute approximate surface area is 109 Å². The van der Waals surface area contributed by atoms with Gasteiger partial charge in [-0.15, -0.1) is 0 Å². The van der Waals surface area contributed by atoms with E-state index in [0.29, 0.717) is 0 Å². The Bertz CT molecular complexity index is 430. The Morgan fingerprint density at radius 1 is 1.33 bits per heavy atom. The van der Waals surface area contributed by atoms with E-state index in [2.05, 4.69) is 33.0 Å². The standard InChI is InChI=1S/C14H20N4/c1-12-4-3-5-14(16-12)11-17-6-8-18(9-7-17)13(2)10-15/h3-5,13H,6-9,11H2,1-2H3. The van der Waals surface area contributed by atoms with E-state index in [9.17, 15) is 0 Å². The first kappa shape index (κ1) is 13.0. The first-order valence-electron chi connectivity index (χ1n) is 6.47. The fraction of sp³-hybridized carbons (Fsp3) is 0.571. The average molecular weight is 244 g/mol. The van der Waals surface area contributed by atoms with Crippen molar-refractivity contribution in [2.45, 2.75) is 26.4 Å². The first-order valence-corrected chi connectivity index (χ1v) is 6.47. The molecule has 1 aliphatic heterocycles. The van der Waals surface area contributed by atoms with Gasteiger partial charge in [-0.2, -0.15) is 5.26 Å². The molecule has 4 heteroatoms. The summed E-state index contributed by atoms with van der Waals surface area (Å²) in [5, 5.41) is 8.90. The van der Waals surface area contributed by atoms with Crippen LogP contribution in [0, 0.1) is 18.3 Å². The van der Waals surface area contributed by atoms with E-state index in [0.717, 1.165) is 44.1 Å². The van der Waals surface area contributed by atoms with E-state index < -0.39 is 0 Å². The van der Waals surface area contributed by atoms with Crippen molar-refractivity contribution in [3.8, 4) is 6.07 Å². The summed E-state index contributed by atoms with van der Waals surface area (Å²) in [4.78, 5) is 9.17. The number of aryl methyl sites for hydroxylation is 1. The fourth-order valence-corrected chi connectivity index (χ4v) is 2.31. The number of piperazine rings is 1. The second kappa shape index (κ2) is 5.94. The summed E-state index contributed by atoms with van der Waals surface area (Å²) in [5.74, 6) is 0. The highest BCUT2D eigenvalue weighted by Crippen LogP contribution is 2.09. The second-order valence-electron chi connectivity index (χ2n) is 4.89. The molecular formula is C14H20N4. The average Bonchev–Trinajstić information content (AvgIpc) is 2.39. The summed E-state index contributed by atoms with van der Waals surface area (Å²) in [6.07, 6.45) is 0. The molecule has 1 aromatic heterocycles. The molecule has 0 radical (unpaired) electrons. The van der Waals surface area contributed by atoms with Crippen LogP contribution in [-0.4, -0.2) is 47.0 Å². The maximum atomic E-state index is 8.90. The van der Waals surface area contributed by atoms with Crippen LogP contribution < -0.4 is 0 Å². The van der Waals surface area contributed by atoms with Gasteiger partial charge < -0.3 is 0 Å². The zero-order chi connectivity index (χ0) is 13.0. The molecule has 1 aromatic rings. The van der Waals surface area contributed by atoms with E-state index in [1.807, 2.05) is 19.9 Å². The molecule has 1 atom stereocenters. The predicted molar refractivity (Wildman–Crippen MR) is 70.9 cm³/mol. The molecule has 0 amide bonds. The molecule has 0 bridgehead atoms. The van der Waals surface area contributed by atoms with Gasteiger partial charge in [-0.1, -0.05) is 6.07 Å². The van der Waals surface area contributed by atoms with Crippen LogP contribution in [0.15, 0.2) is 18.2 Å². The van der Waals surface area contributed by atoms with Crippen LogP contribution >= 0.6 is 0 Å². The van der Waals surface area contributed by atoms with Crippen LogP contribution in [0.5, 0.6) is 0 Å². The van der Waals surface area contributed by atoms with Crippen LogP contribution in [-0.2, 0) is 6.54 Å². The molecule has 4 nitrogen and oxygen atoms in total. The quantitative estimate of drug-likeness (QED) is 0.806. The summed E-state index contributed by atoms with van der Waals surface area (Å²) in [6.45, 7) is 8.88. The van der Waals surface area contributed by atoms with Crippen LogP contribution in [0.4, 0.5) is 0 Å². The van der Waals surface area contributed by atoms with Gasteiger partial charge in [0.2, 0.25) is 0 Å². The highest BCUT2D eigenvalue weighted by molar-refractivity contribution is 5.09. The van der Waals surface area contributed by atoms with Gasteiger partial charge in [0.05, 0.1) is 17.8 Å². The number of nitrogens with zero attached hydrogens (tertiary/aromatic N) is 4. The number of hydrogen-bond acceptors (Lipinski definition) is 4. The maximum absolute atomic E-state index is 8.90. The number of nitriles is 1. The number of rotatable bonds is 3. The molecule has 1 saturated heterocycles. The summed E-state index contributed by atoms with van der Waals surface area (Å²) in [6, 6.07) is 8.50. The monoisotopic (exact) mass is 244 g/mol. The van der Waals surface area contributed by atoms with Crippen LogP contribution in [0.25, 0.3) is 0 Å². The molecule has 0 spiro atoms. The van der Waals surface area contributed by atoms with Crippen LogP contribution in [0.2, 0.25) is 0 Å². The fourth-order valence-electron chi connectivity index (χ4n) is 2.31. The van der Waals surface area contributed by atoms with Gasteiger partial charge >= 0.3 is 0 Å². The SMILES string of the molecule is Cc1cccc(CN2CCN(C(C)C#N)CC2)n1. The zero-order valence-corrected chi connectivity index (χ0v) is 11.1. The molecule has 0 N–H and O–H groups in total. The highest BCUT2D eigenvalue weighted by Gasteiger charge is 2.20. The van der Waals surface area contributed by atoms with E-state index in [1.165, 1.54) is 0 Å². The lowest BCUT2D eigenvalue weighted by molar-refractivity contribution is 0.113. The smallest absolute Gasteiger partial charge is 0.0950 e. The van der Waals surface area contributed by atoms with Crippen LogP contribution in [0.3, 0.4) is 0 Å². The van der Waals surface area contributed by atoms with Crippen molar-refractivity contribution in [2.75, 3.05) is 26.2 Å². The predicted octanol–water partition coefficient (Wildman–Crippen LogP) is 1.42. The van der Waals surface area contributed by atoms with E-state index in [4.69, 9.17) is 5.26 Å². The van der Waals surface area contributed by atoms with E-state index in [1.54, 1.807) is 0 Å². The third-order valence-corrected chi connectivity index (χ3v) is 3.47. The van der Waals surface area contributed by atoms with Crippen molar-refractivity contribution in [1.82, 2.24) is 14.8 Å². The number of aromatic nitrogens is 1.